The summed E-state index contributed by atoms with van der Waals surface area (Å²) in [5.74, 6) is -0.384. The number of aromatic nitrogens is 2. The van der Waals surface area contributed by atoms with Crippen molar-refractivity contribution in [1.29, 1.82) is 0 Å². The van der Waals surface area contributed by atoms with Crippen molar-refractivity contribution in [3.8, 4) is 0 Å². The van der Waals surface area contributed by atoms with Crippen LogP contribution in [0.1, 0.15) is 37.1 Å². The van der Waals surface area contributed by atoms with Crippen LogP contribution in [-0.2, 0) is 20.4 Å². The number of nitrogens with zero attached hydrogens (tertiary/aromatic N) is 3. The molecule has 0 bridgehead atoms. The quantitative estimate of drug-likeness (QED) is 0.816. The highest BCUT2D eigenvalue weighted by molar-refractivity contribution is 7.90. The Bertz CT molecular complexity index is 874. The third-order valence-electron chi connectivity index (χ3n) is 4.54. The van der Waals surface area contributed by atoms with Gasteiger partial charge in [0.1, 0.15) is 0 Å². The standard InChI is InChI=1S/C18H23N3O3S/c1-14-17(20-16-8-4-3-7-15(16)19-14)13-25(23,24)12-9-18(22)21-10-5-2-6-11-21/h3-4,7-8H,2,5-6,9-13H2,1H3. The van der Waals surface area contributed by atoms with Gasteiger partial charge in [-0.15, -0.1) is 0 Å². The molecule has 1 aliphatic rings. The molecule has 6 nitrogen and oxygen atoms in total. The first-order valence-corrected chi connectivity index (χ1v) is 10.5. The SMILES string of the molecule is Cc1nc2ccccc2nc1CS(=O)(=O)CCC(=O)N1CCCCC1. The Morgan fingerprint density at radius 2 is 1.72 bits per heavy atom. The fourth-order valence-electron chi connectivity index (χ4n) is 3.09. The molecule has 25 heavy (non-hydrogen) atoms. The number of carbonyl (C=O) groups excluding carboxylic acids is 1. The Morgan fingerprint density at radius 3 is 2.40 bits per heavy atom. The zero-order valence-corrected chi connectivity index (χ0v) is 15.3. The Hall–Kier alpha value is -2.02. The summed E-state index contributed by atoms with van der Waals surface area (Å²) in [5.41, 5.74) is 2.51. The van der Waals surface area contributed by atoms with Crippen molar-refractivity contribution >= 4 is 26.8 Å². The van der Waals surface area contributed by atoms with Crippen molar-refractivity contribution in [3.63, 3.8) is 0 Å². The molecule has 2 aromatic rings. The van der Waals surface area contributed by atoms with Crippen LogP contribution in [0.25, 0.3) is 11.0 Å². The monoisotopic (exact) mass is 361 g/mol. The number of piperidine rings is 1. The van der Waals surface area contributed by atoms with Gasteiger partial charge in [-0.05, 0) is 38.3 Å². The minimum atomic E-state index is -3.41. The molecule has 1 aromatic heterocycles. The van der Waals surface area contributed by atoms with Crippen LogP contribution in [0, 0.1) is 6.92 Å². The molecule has 1 aliphatic heterocycles. The smallest absolute Gasteiger partial charge is 0.223 e. The Kier molecular flexibility index (Phi) is 5.32. The molecule has 3 rings (SSSR count). The lowest BCUT2D eigenvalue weighted by molar-refractivity contribution is -0.131. The molecule has 0 saturated carbocycles. The van der Waals surface area contributed by atoms with Gasteiger partial charge in [-0.1, -0.05) is 12.1 Å². The average molecular weight is 361 g/mol. The van der Waals surface area contributed by atoms with Crippen molar-refractivity contribution < 1.29 is 13.2 Å². The van der Waals surface area contributed by atoms with Crippen LogP contribution in [0.5, 0.6) is 0 Å². The van der Waals surface area contributed by atoms with E-state index >= 15 is 0 Å². The van der Waals surface area contributed by atoms with E-state index in [4.69, 9.17) is 0 Å². The molecule has 1 aromatic carbocycles. The van der Waals surface area contributed by atoms with Crippen molar-refractivity contribution in [1.82, 2.24) is 14.9 Å². The lowest BCUT2D eigenvalue weighted by atomic mass is 10.1. The van der Waals surface area contributed by atoms with Crippen LogP contribution < -0.4 is 0 Å². The maximum Gasteiger partial charge on any atom is 0.223 e. The molecule has 2 heterocycles. The summed E-state index contributed by atoms with van der Waals surface area (Å²) in [6.07, 6.45) is 3.19. The Balaban J connectivity index is 1.66. The predicted molar refractivity (Wildman–Crippen MR) is 96.8 cm³/mol. The fraction of sp³-hybridized carbons (Fsp3) is 0.500. The van der Waals surface area contributed by atoms with E-state index in [1.165, 1.54) is 0 Å². The minimum absolute atomic E-state index is 0.0440. The van der Waals surface area contributed by atoms with Gasteiger partial charge in [-0.2, -0.15) is 0 Å². The average Bonchev–Trinajstić information content (AvgIpc) is 2.61. The molecular formula is C18H23N3O3S. The molecule has 0 radical (unpaired) electrons. The summed E-state index contributed by atoms with van der Waals surface area (Å²) < 4.78 is 24.9. The van der Waals surface area contributed by atoms with E-state index in [1.807, 2.05) is 24.3 Å². The summed E-state index contributed by atoms with van der Waals surface area (Å²) in [6.45, 7) is 3.26. The fourth-order valence-corrected chi connectivity index (χ4v) is 4.41. The molecule has 0 unspecified atom stereocenters. The van der Waals surface area contributed by atoms with Gasteiger partial charge in [-0.25, -0.2) is 18.4 Å². The van der Waals surface area contributed by atoms with Crippen LogP contribution >= 0.6 is 0 Å². The van der Waals surface area contributed by atoms with E-state index in [0.29, 0.717) is 16.9 Å². The third-order valence-corrected chi connectivity index (χ3v) is 6.07. The third kappa shape index (κ3) is 4.54. The molecule has 134 valence electrons. The van der Waals surface area contributed by atoms with Crippen molar-refractivity contribution in [2.24, 2.45) is 0 Å². The van der Waals surface area contributed by atoms with Crippen LogP contribution in [0.2, 0.25) is 0 Å². The van der Waals surface area contributed by atoms with Gasteiger partial charge in [0.05, 0.1) is 33.9 Å². The number of sulfone groups is 1. The second-order valence-electron chi connectivity index (χ2n) is 6.53. The number of amides is 1. The second kappa shape index (κ2) is 7.47. The van der Waals surface area contributed by atoms with E-state index in [2.05, 4.69) is 9.97 Å². The summed E-state index contributed by atoms with van der Waals surface area (Å²) in [5, 5.41) is 0. The molecule has 1 amide bonds. The maximum absolute atomic E-state index is 12.4. The van der Waals surface area contributed by atoms with E-state index in [1.54, 1.807) is 11.8 Å². The first-order chi connectivity index (χ1) is 11.9. The van der Waals surface area contributed by atoms with Crippen LogP contribution in [0.4, 0.5) is 0 Å². The highest BCUT2D eigenvalue weighted by Crippen LogP contribution is 2.16. The Morgan fingerprint density at radius 1 is 1.08 bits per heavy atom. The summed E-state index contributed by atoms with van der Waals surface area (Å²) in [7, 11) is -3.41. The number of aryl methyl sites for hydroxylation is 1. The van der Waals surface area contributed by atoms with E-state index < -0.39 is 9.84 Å². The number of hydrogen-bond acceptors (Lipinski definition) is 5. The lowest BCUT2D eigenvalue weighted by Gasteiger charge is -2.26. The maximum atomic E-state index is 12.4. The van der Waals surface area contributed by atoms with Gasteiger partial charge in [0.15, 0.2) is 9.84 Å². The predicted octanol–water partition coefficient (Wildman–Crippen LogP) is 2.26. The number of para-hydroxylation sites is 2. The van der Waals surface area contributed by atoms with Gasteiger partial charge < -0.3 is 4.90 Å². The highest BCUT2D eigenvalue weighted by atomic mass is 32.2. The van der Waals surface area contributed by atoms with E-state index in [-0.39, 0.29) is 23.8 Å². The molecule has 0 spiro atoms. The molecule has 0 aliphatic carbocycles. The number of likely N-dealkylation sites (tertiary alicyclic amines) is 1. The summed E-state index contributed by atoms with van der Waals surface area (Å²) >= 11 is 0. The molecule has 7 heteroatoms. The molecule has 0 N–H and O–H groups in total. The first-order valence-electron chi connectivity index (χ1n) is 8.65. The zero-order chi connectivity index (χ0) is 17.9. The van der Waals surface area contributed by atoms with Crippen molar-refractivity contribution in [2.45, 2.75) is 38.4 Å². The normalized spacial score (nSPS) is 15.5. The number of fused-ring (bicyclic) bond motifs is 1. The van der Waals surface area contributed by atoms with Crippen molar-refractivity contribution in [3.05, 3.63) is 35.7 Å². The number of benzene rings is 1. The van der Waals surface area contributed by atoms with Gasteiger partial charge in [-0.3, -0.25) is 4.79 Å². The minimum Gasteiger partial charge on any atom is -0.343 e. The lowest BCUT2D eigenvalue weighted by Crippen LogP contribution is -2.36. The number of rotatable bonds is 5. The van der Waals surface area contributed by atoms with Gasteiger partial charge in [0.25, 0.3) is 0 Å². The van der Waals surface area contributed by atoms with Gasteiger partial charge in [0, 0.05) is 19.5 Å². The number of hydrogen-bond donors (Lipinski definition) is 0. The van der Waals surface area contributed by atoms with Crippen LogP contribution in [0.15, 0.2) is 24.3 Å². The van der Waals surface area contributed by atoms with Gasteiger partial charge in [0.2, 0.25) is 5.91 Å². The zero-order valence-electron chi connectivity index (χ0n) is 14.4. The molecule has 1 fully saturated rings. The summed E-state index contributed by atoms with van der Waals surface area (Å²) in [4.78, 5) is 22.8. The van der Waals surface area contributed by atoms with Gasteiger partial charge >= 0.3 is 0 Å². The molecule has 1 saturated heterocycles. The van der Waals surface area contributed by atoms with Crippen LogP contribution in [-0.4, -0.2) is 48.0 Å². The summed E-state index contributed by atoms with van der Waals surface area (Å²) in [6, 6.07) is 7.39. The Labute approximate surface area is 148 Å². The van der Waals surface area contributed by atoms with Crippen molar-refractivity contribution in [2.75, 3.05) is 18.8 Å². The van der Waals surface area contributed by atoms with E-state index in [0.717, 1.165) is 37.9 Å². The largest absolute Gasteiger partial charge is 0.343 e. The van der Waals surface area contributed by atoms with Crippen LogP contribution in [0.3, 0.4) is 0 Å². The van der Waals surface area contributed by atoms with E-state index in [9.17, 15) is 13.2 Å². The molecular weight excluding hydrogens is 338 g/mol. The molecule has 0 atom stereocenters. The number of carbonyl (C=O) groups is 1. The first kappa shape index (κ1) is 17.8. The highest BCUT2D eigenvalue weighted by Gasteiger charge is 2.21. The topological polar surface area (TPSA) is 80.2 Å². The second-order valence-corrected chi connectivity index (χ2v) is 8.71.